The van der Waals surface area contributed by atoms with Crippen LogP contribution in [0.3, 0.4) is 0 Å². The van der Waals surface area contributed by atoms with Crippen LogP contribution in [0.1, 0.15) is 26.4 Å². The van der Waals surface area contributed by atoms with Crippen LogP contribution in [0.5, 0.6) is 0 Å². The third-order valence-corrected chi connectivity index (χ3v) is 4.57. The van der Waals surface area contributed by atoms with E-state index in [1.807, 2.05) is 0 Å². The van der Waals surface area contributed by atoms with Crippen molar-refractivity contribution in [3.05, 3.63) is 59.9 Å². The summed E-state index contributed by atoms with van der Waals surface area (Å²) in [7, 11) is 3.38. The molecule has 0 saturated carbocycles. The molecule has 2 heterocycles. The molecule has 0 saturated heterocycles. The number of anilines is 1. The number of hydrogen-bond donors (Lipinski definition) is 1. The van der Waals surface area contributed by atoms with Gasteiger partial charge in [-0.3, -0.25) is 19.1 Å². The second kappa shape index (κ2) is 7.45. The molecule has 0 aliphatic carbocycles. The van der Waals surface area contributed by atoms with Gasteiger partial charge in [0.25, 0.3) is 11.8 Å². The summed E-state index contributed by atoms with van der Waals surface area (Å²) in [6, 6.07) is 6.67. The van der Waals surface area contributed by atoms with Crippen LogP contribution in [0.2, 0.25) is 0 Å². The molecule has 0 radical (unpaired) electrons. The molecule has 140 valence electrons. The quantitative estimate of drug-likeness (QED) is 0.800. The summed E-state index contributed by atoms with van der Waals surface area (Å²) in [5.41, 5.74) is 2.33. The largest absolute Gasteiger partial charge is 0.348 e. The molecule has 0 spiro atoms. The lowest BCUT2D eigenvalue weighted by Gasteiger charge is -2.24. The van der Waals surface area contributed by atoms with Crippen molar-refractivity contribution in [2.24, 2.45) is 0 Å². The van der Waals surface area contributed by atoms with Crippen molar-refractivity contribution in [3.63, 3.8) is 0 Å². The maximum absolute atomic E-state index is 12.4. The summed E-state index contributed by atoms with van der Waals surface area (Å²) in [5.74, 6) is -0.592. The van der Waals surface area contributed by atoms with Crippen molar-refractivity contribution >= 4 is 23.4 Å². The van der Waals surface area contributed by atoms with Crippen LogP contribution in [-0.2, 0) is 17.9 Å². The minimum Gasteiger partial charge on any atom is -0.348 e. The van der Waals surface area contributed by atoms with Gasteiger partial charge in [0.2, 0.25) is 5.91 Å². The number of nitrogens with one attached hydrogen (secondary N) is 1. The molecule has 0 atom stereocenters. The van der Waals surface area contributed by atoms with E-state index < -0.39 is 0 Å². The van der Waals surface area contributed by atoms with Crippen LogP contribution in [0.15, 0.2) is 43.1 Å². The molecule has 8 heteroatoms. The molecule has 0 fully saturated rings. The topological polar surface area (TPSA) is 87.5 Å². The van der Waals surface area contributed by atoms with Crippen LogP contribution in [0.4, 0.5) is 5.69 Å². The highest BCUT2D eigenvalue weighted by atomic mass is 16.2. The van der Waals surface area contributed by atoms with Crippen molar-refractivity contribution in [2.45, 2.75) is 13.1 Å². The van der Waals surface area contributed by atoms with Gasteiger partial charge in [-0.25, -0.2) is 0 Å². The van der Waals surface area contributed by atoms with E-state index in [1.54, 1.807) is 54.1 Å². The van der Waals surface area contributed by atoms with E-state index in [4.69, 9.17) is 0 Å². The van der Waals surface area contributed by atoms with Gasteiger partial charge in [-0.1, -0.05) is 6.58 Å². The van der Waals surface area contributed by atoms with Crippen molar-refractivity contribution in [1.29, 1.82) is 0 Å². The Labute approximate surface area is 157 Å². The Morgan fingerprint density at radius 2 is 2.00 bits per heavy atom. The highest BCUT2D eigenvalue weighted by Crippen LogP contribution is 2.17. The lowest BCUT2D eigenvalue weighted by atomic mass is 10.1. The Balaban J connectivity index is 1.67. The van der Waals surface area contributed by atoms with Crippen molar-refractivity contribution < 1.29 is 14.4 Å². The monoisotopic (exact) mass is 367 g/mol. The number of amides is 3. The van der Waals surface area contributed by atoms with Crippen LogP contribution in [-0.4, -0.2) is 53.0 Å². The van der Waals surface area contributed by atoms with Gasteiger partial charge in [0.1, 0.15) is 5.69 Å². The number of likely N-dealkylation sites (N-methyl/N-ethyl adjacent to an activating group) is 2. The number of nitrogens with zero attached hydrogens (tertiary/aromatic N) is 4. The molecule has 1 aromatic carbocycles. The Hall–Kier alpha value is -3.42. The first-order valence-electron chi connectivity index (χ1n) is 8.51. The fraction of sp³-hybridized carbons (Fsp3) is 0.263. The number of benzene rings is 1. The first kappa shape index (κ1) is 18.4. The van der Waals surface area contributed by atoms with E-state index in [-0.39, 0.29) is 24.3 Å². The van der Waals surface area contributed by atoms with Gasteiger partial charge in [-0.2, -0.15) is 5.10 Å². The lowest BCUT2D eigenvalue weighted by Crippen LogP contribution is -2.38. The zero-order valence-electron chi connectivity index (χ0n) is 15.3. The van der Waals surface area contributed by atoms with Gasteiger partial charge in [-0.15, -0.1) is 0 Å². The number of hydrogen-bond acceptors (Lipinski definition) is 4. The summed E-state index contributed by atoms with van der Waals surface area (Å²) < 4.78 is 1.67. The lowest BCUT2D eigenvalue weighted by molar-refractivity contribution is -0.113. The smallest absolute Gasteiger partial charge is 0.272 e. The second-order valence-corrected chi connectivity index (χ2v) is 6.30. The molecular formula is C19H21N5O3. The van der Waals surface area contributed by atoms with E-state index in [0.717, 1.165) is 0 Å². The SMILES string of the molecule is C=CC(=O)N(C)c1ccc(C(=O)NCc2cnn3c2C(=O)N(C)CC3)cc1. The molecule has 1 aliphatic heterocycles. The first-order valence-corrected chi connectivity index (χ1v) is 8.51. The van der Waals surface area contributed by atoms with Crippen LogP contribution < -0.4 is 10.2 Å². The number of carbonyl (C=O) groups excluding carboxylic acids is 3. The first-order chi connectivity index (χ1) is 12.9. The highest BCUT2D eigenvalue weighted by molar-refractivity contribution is 6.01. The number of aromatic nitrogens is 2. The van der Waals surface area contributed by atoms with E-state index in [2.05, 4.69) is 17.0 Å². The zero-order chi connectivity index (χ0) is 19.6. The van der Waals surface area contributed by atoms with Gasteiger partial charge in [0.15, 0.2) is 0 Å². The van der Waals surface area contributed by atoms with Crippen LogP contribution in [0, 0.1) is 0 Å². The van der Waals surface area contributed by atoms with Gasteiger partial charge >= 0.3 is 0 Å². The van der Waals surface area contributed by atoms with Gasteiger partial charge < -0.3 is 15.1 Å². The third-order valence-electron chi connectivity index (χ3n) is 4.57. The van der Waals surface area contributed by atoms with Crippen molar-refractivity contribution in [3.8, 4) is 0 Å². The van der Waals surface area contributed by atoms with Crippen molar-refractivity contribution in [1.82, 2.24) is 20.0 Å². The Morgan fingerprint density at radius 1 is 1.30 bits per heavy atom. The highest BCUT2D eigenvalue weighted by Gasteiger charge is 2.26. The number of rotatable bonds is 5. The van der Waals surface area contributed by atoms with Gasteiger partial charge in [-0.05, 0) is 30.3 Å². The summed E-state index contributed by atoms with van der Waals surface area (Å²) in [6.45, 7) is 4.93. The van der Waals surface area contributed by atoms with Crippen LogP contribution >= 0.6 is 0 Å². The molecule has 8 nitrogen and oxygen atoms in total. The molecule has 0 unspecified atom stereocenters. The molecule has 0 bridgehead atoms. The van der Waals surface area contributed by atoms with E-state index in [0.29, 0.717) is 35.6 Å². The van der Waals surface area contributed by atoms with E-state index in [9.17, 15) is 14.4 Å². The summed E-state index contributed by atoms with van der Waals surface area (Å²) >= 11 is 0. The average molecular weight is 367 g/mol. The van der Waals surface area contributed by atoms with Crippen LogP contribution in [0.25, 0.3) is 0 Å². The molecule has 27 heavy (non-hydrogen) atoms. The molecule has 3 rings (SSSR count). The fourth-order valence-corrected chi connectivity index (χ4v) is 2.88. The van der Waals surface area contributed by atoms with E-state index in [1.165, 1.54) is 11.0 Å². The maximum Gasteiger partial charge on any atom is 0.272 e. The number of fused-ring (bicyclic) bond motifs is 1. The van der Waals surface area contributed by atoms with Gasteiger partial charge in [0, 0.05) is 44.0 Å². The molecule has 1 N–H and O–H groups in total. The van der Waals surface area contributed by atoms with Gasteiger partial charge in [0.05, 0.1) is 12.7 Å². The predicted octanol–water partition coefficient (Wildman–Crippen LogP) is 1.05. The molecule has 1 aliphatic rings. The average Bonchev–Trinajstić information content (AvgIpc) is 3.11. The molecule has 3 amide bonds. The summed E-state index contributed by atoms with van der Waals surface area (Å²) in [4.78, 5) is 39.4. The Kier molecular flexibility index (Phi) is 5.07. The summed E-state index contributed by atoms with van der Waals surface area (Å²) in [6.07, 6.45) is 2.84. The summed E-state index contributed by atoms with van der Waals surface area (Å²) in [5, 5.41) is 7.03. The second-order valence-electron chi connectivity index (χ2n) is 6.30. The Bertz CT molecular complexity index is 901. The standard InChI is InChI=1S/C19H21N5O3/c1-4-16(25)23(3)15-7-5-13(6-8-15)18(26)20-11-14-12-21-24-10-9-22(2)19(27)17(14)24/h4-8,12H,1,9-11H2,2-3H3,(H,20,26). The normalized spacial score (nSPS) is 13.1. The molecule has 1 aromatic heterocycles. The molecule has 2 aromatic rings. The maximum atomic E-state index is 12.4. The number of carbonyl (C=O) groups is 3. The minimum absolute atomic E-state index is 0.0951. The minimum atomic E-state index is -0.268. The zero-order valence-corrected chi connectivity index (χ0v) is 15.3. The molecular weight excluding hydrogens is 346 g/mol. The van der Waals surface area contributed by atoms with Crippen molar-refractivity contribution in [2.75, 3.05) is 25.5 Å². The Morgan fingerprint density at radius 3 is 2.67 bits per heavy atom. The third kappa shape index (κ3) is 3.59. The fourth-order valence-electron chi connectivity index (χ4n) is 2.88. The predicted molar refractivity (Wildman–Crippen MR) is 100 cm³/mol. The van der Waals surface area contributed by atoms with E-state index >= 15 is 0 Å².